The summed E-state index contributed by atoms with van der Waals surface area (Å²) in [4.78, 5) is 13.5. The fourth-order valence-corrected chi connectivity index (χ4v) is 4.40. The molecule has 0 bridgehead atoms. The van der Waals surface area contributed by atoms with Crippen molar-refractivity contribution < 1.29 is 17.9 Å². The summed E-state index contributed by atoms with van der Waals surface area (Å²) in [6, 6.07) is 16.2. The molecule has 160 valence electrons. The molecule has 0 N–H and O–H groups in total. The summed E-state index contributed by atoms with van der Waals surface area (Å²) in [6.07, 6.45) is 0.456. The number of rotatable bonds is 4. The van der Waals surface area contributed by atoms with Crippen LogP contribution in [0.4, 0.5) is 18.9 Å². The van der Waals surface area contributed by atoms with Crippen molar-refractivity contribution in [3.05, 3.63) is 90.5 Å². The zero-order valence-corrected chi connectivity index (χ0v) is 17.3. The number of hydrogen-bond acceptors (Lipinski definition) is 6. The summed E-state index contributed by atoms with van der Waals surface area (Å²) < 4.78 is 46.7. The largest absolute Gasteiger partial charge is 0.439 e. The molecule has 0 unspecified atom stereocenters. The highest BCUT2D eigenvalue weighted by molar-refractivity contribution is 8.01. The minimum atomic E-state index is -4.38. The molecule has 4 aromatic rings. The standard InChI is InChI=1S/C23H15F3N4OS/c24-23(25,26)16-6-4-15(5-7-16)19-12-22(29-14-28-19)31-20-2-1-3-21-18(20)13-30(32-21)17-8-10-27-11-9-17/h1-12,14H,13H2. The van der Waals surface area contributed by atoms with Crippen LogP contribution in [0, 0.1) is 0 Å². The lowest BCUT2D eigenvalue weighted by molar-refractivity contribution is -0.137. The summed E-state index contributed by atoms with van der Waals surface area (Å²) in [6.45, 7) is 0.650. The van der Waals surface area contributed by atoms with E-state index in [1.807, 2.05) is 30.3 Å². The number of anilines is 1. The van der Waals surface area contributed by atoms with Crippen molar-refractivity contribution in [1.82, 2.24) is 15.0 Å². The Morgan fingerprint density at radius 1 is 0.938 bits per heavy atom. The Kier molecular flexibility index (Phi) is 5.18. The van der Waals surface area contributed by atoms with Crippen LogP contribution in [0.15, 0.2) is 84.3 Å². The normalized spacial score (nSPS) is 13.2. The monoisotopic (exact) mass is 452 g/mol. The van der Waals surface area contributed by atoms with Crippen molar-refractivity contribution in [1.29, 1.82) is 0 Å². The second-order valence-electron chi connectivity index (χ2n) is 6.98. The van der Waals surface area contributed by atoms with Crippen molar-refractivity contribution in [2.75, 3.05) is 4.31 Å². The molecule has 2 aromatic carbocycles. The molecule has 5 rings (SSSR count). The van der Waals surface area contributed by atoms with E-state index in [2.05, 4.69) is 19.3 Å². The number of nitrogens with zero attached hydrogens (tertiary/aromatic N) is 4. The maximum Gasteiger partial charge on any atom is 0.416 e. The van der Waals surface area contributed by atoms with E-state index in [1.54, 1.807) is 30.4 Å². The minimum absolute atomic E-state index is 0.315. The van der Waals surface area contributed by atoms with Gasteiger partial charge in [0.2, 0.25) is 5.88 Å². The van der Waals surface area contributed by atoms with E-state index in [0.29, 0.717) is 29.4 Å². The van der Waals surface area contributed by atoms with E-state index in [1.165, 1.54) is 18.5 Å². The highest BCUT2D eigenvalue weighted by Crippen LogP contribution is 2.44. The number of aromatic nitrogens is 3. The number of ether oxygens (including phenoxy) is 1. The quantitative estimate of drug-likeness (QED) is 0.335. The summed E-state index contributed by atoms with van der Waals surface area (Å²) in [7, 11) is 0. The number of pyridine rings is 1. The van der Waals surface area contributed by atoms with Gasteiger partial charge in [-0.05, 0) is 48.3 Å². The highest BCUT2D eigenvalue weighted by atomic mass is 32.2. The smallest absolute Gasteiger partial charge is 0.416 e. The lowest BCUT2D eigenvalue weighted by Crippen LogP contribution is -2.07. The topological polar surface area (TPSA) is 51.1 Å². The second kappa shape index (κ2) is 8.16. The predicted octanol–water partition coefficient (Wildman–Crippen LogP) is 6.38. The number of halogens is 3. The predicted molar refractivity (Wildman–Crippen MR) is 115 cm³/mol. The van der Waals surface area contributed by atoms with Crippen LogP contribution >= 0.6 is 11.9 Å². The van der Waals surface area contributed by atoms with Gasteiger partial charge in [0.05, 0.1) is 23.5 Å². The third kappa shape index (κ3) is 4.11. The summed E-state index contributed by atoms with van der Waals surface area (Å²) >= 11 is 1.62. The van der Waals surface area contributed by atoms with Crippen LogP contribution < -0.4 is 9.04 Å². The van der Waals surface area contributed by atoms with Crippen molar-refractivity contribution in [2.24, 2.45) is 0 Å². The van der Waals surface area contributed by atoms with Gasteiger partial charge in [0.15, 0.2) is 0 Å². The zero-order valence-electron chi connectivity index (χ0n) is 16.5. The molecule has 3 heterocycles. The maximum absolute atomic E-state index is 12.8. The molecule has 0 saturated heterocycles. The molecule has 1 aliphatic rings. The van der Waals surface area contributed by atoms with Crippen molar-refractivity contribution >= 4 is 17.6 Å². The van der Waals surface area contributed by atoms with E-state index in [-0.39, 0.29) is 0 Å². The summed E-state index contributed by atoms with van der Waals surface area (Å²) in [5, 5.41) is 0. The van der Waals surface area contributed by atoms with Crippen LogP contribution in [0.3, 0.4) is 0 Å². The van der Waals surface area contributed by atoms with Gasteiger partial charge in [-0.2, -0.15) is 13.2 Å². The number of fused-ring (bicyclic) bond motifs is 1. The van der Waals surface area contributed by atoms with Gasteiger partial charge >= 0.3 is 6.18 Å². The first-order valence-electron chi connectivity index (χ1n) is 9.62. The fourth-order valence-electron chi connectivity index (χ4n) is 3.33. The Morgan fingerprint density at radius 2 is 1.72 bits per heavy atom. The van der Waals surface area contributed by atoms with Crippen LogP contribution in [-0.2, 0) is 12.7 Å². The van der Waals surface area contributed by atoms with E-state index >= 15 is 0 Å². The first-order chi connectivity index (χ1) is 15.5. The molecule has 0 saturated carbocycles. The van der Waals surface area contributed by atoms with Crippen LogP contribution in [0.5, 0.6) is 11.6 Å². The fraction of sp³-hybridized carbons (Fsp3) is 0.0870. The van der Waals surface area contributed by atoms with Crippen LogP contribution in [0.1, 0.15) is 11.1 Å². The van der Waals surface area contributed by atoms with Gasteiger partial charge in [0, 0.05) is 34.5 Å². The molecule has 5 nitrogen and oxygen atoms in total. The Labute approximate surface area is 186 Å². The van der Waals surface area contributed by atoms with Gasteiger partial charge in [-0.15, -0.1) is 0 Å². The van der Waals surface area contributed by atoms with Crippen LogP contribution in [0.2, 0.25) is 0 Å². The lowest BCUT2D eigenvalue weighted by atomic mass is 10.1. The summed E-state index contributed by atoms with van der Waals surface area (Å²) in [5.74, 6) is 0.985. The molecule has 0 atom stereocenters. The molecule has 2 aromatic heterocycles. The molecule has 0 amide bonds. The molecule has 0 radical (unpaired) electrons. The molecule has 0 fully saturated rings. The Hall–Kier alpha value is -3.59. The molecular formula is C23H15F3N4OS. The third-order valence-corrected chi connectivity index (χ3v) is 6.06. The van der Waals surface area contributed by atoms with Crippen LogP contribution in [-0.4, -0.2) is 15.0 Å². The van der Waals surface area contributed by atoms with Gasteiger partial charge in [0.1, 0.15) is 12.1 Å². The average Bonchev–Trinajstić information content (AvgIpc) is 3.25. The zero-order chi connectivity index (χ0) is 22.1. The van der Waals surface area contributed by atoms with Crippen molar-refractivity contribution in [3.63, 3.8) is 0 Å². The summed E-state index contributed by atoms with van der Waals surface area (Å²) in [5.41, 5.74) is 2.39. The van der Waals surface area contributed by atoms with E-state index in [4.69, 9.17) is 4.74 Å². The Bertz CT molecular complexity index is 1250. The number of benzene rings is 2. The third-order valence-electron chi connectivity index (χ3n) is 4.92. The van der Waals surface area contributed by atoms with Crippen LogP contribution in [0.25, 0.3) is 11.3 Å². The van der Waals surface area contributed by atoms with Gasteiger partial charge in [0.25, 0.3) is 0 Å². The van der Waals surface area contributed by atoms with Gasteiger partial charge < -0.3 is 9.04 Å². The first kappa shape index (κ1) is 20.3. The maximum atomic E-state index is 12.8. The average molecular weight is 452 g/mol. The van der Waals surface area contributed by atoms with E-state index in [9.17, 15) is 13.2 Å². The number of alkyl halides is 3. The lowest BCUT2D eigenvalue weighted by Gasteiger charge is -2.15. The Morgan fingerprint density at radius 3 is 2.47 bits per heavy atom. The first-order valence-corrected chi connectivity index (χ1v) is 10.4. The SMILES string of the molecule is FC(F)(F)c1ccc(-c2cc(Oc3cccc4c3CN(c3ccncc3)S4)ncn2)cc1. The van der Waals surface area contributed by atoms with E-state index in [0.717, 1.165) is 28.3 Å². The van der Waals surface area contributed by atoms with Gasteiger partial charge in [-0.25, -0.2) is 9.97 Å². The van der Waals surface area contributed by atoms with E-state index < -0.39 is 11.7 Å². The van der Waals surface area contributed by atoms with Gasteiger partial charge in [-0.3, -0.25) is 4.98 Å². The highest BCUT2D eigenvalue weighted by Gasteiger charge is 2.30. The molecule has 0 aliphatic carbocycles. The number of hydrogen-bond donors (Lipinski definition) is 0. The molecule has 0 spiro atoms. The van der Waals surface area contributed by atoms with Crippen molar-refractivity contribution in [3.8, 4) is 22.9 Å². The second-order valence-corrected chi connectivity index (χ2v) is 8.05. The molecule has 9 heteroatoms. The van der Waals surface area contributed by atoms with Gasteiger partial charge in [-0.1, -0.05) is 18.2 Å². The van der Waals surface area contributed by atoms with Crippen molar-refractivity contribution in [2.45, 2.75) is 17.6 Å². The minimum Gasteiger partial charge on any atom is -0.439 e. The Balaban J connectivity index is 1.38. The molecule has 32 heavy (non-hydrogen) atoms. The molecular weight excluding hydrogens is 437 g/mol. The molecule has 1 aliphatic heterocycles.